The molecular formula is CH2N3O4. The van der Waals surface area contributed by atoms with Crippen molar-refractivity contribution in [3.8, 4) is 0 Å². The predicted octanol–water partition coefficient (Wildman–Crippen LogP) is -0.537. The maximum Gasteiger partial charge on any atom is 0.222 e. The molecule has 0 spiro atoms. The zero-order valence-electron chi connectivity index (χ0n) is 3.68. The third-order valence-electron chi connectivity index (χ3n) is 0.377. The van der Waals surface area contributed by atoms with Crippen LogP contribution >= 0.6 is 0 Å². The molecule has 0 atom stereocenters. The molecule has 0 saturated heterocycles. The average molecular weight is 120 g/mol. The molecule has 7 heteroatoms. The fourth-order valence-corrected chi connectivity index (χ4v) is 0.0596. The van der Waals surface area contributed by atoms with Crippen molar-refractivity contribution in [2.45, 2.75) is 0 Å². The van der Waals surface area contributed by atoms with E-state index in [1.807, 2.05) is 0 Å². The fraction of sp³-hybridized carbons (Fsp3) is 0. The Kier molecular flexibility index (Phi) is 1.69. The maximum atomic E-state index is 9.37. The van der Waals surface area contributed by atoms with Crippen molar-refractivity contribution in [2.24, 2.45) is 0 Å². The smallest absolute Gasteiger partial charge is 0.222 e. The number of nitro groups is 2. The molecule has 0 aliphatic heterocycles. The summed E-state index contributed by atoms with van der Waals surface area (Å²) in [7, 11) is 2.47. The number of hydrogen-bond acceptors (Lipinski definition) is 4. The summed E-state index contributed by atoms with van der Waals surface area (Å²) in [6.45, 7) is 0. The van der Waals surface area contributed by atoms with Crippen LogP contribution in [0.1, 0.15) is 0 Å². The summed E-state index contributed by atoms with van der Waals surface area (Å²) in [6.07, 6.45) is 0. The van der Waals surface area contributed by atoms with Gasteiger partial charge in [-0.1, -0.05) is 0 Å². The SMILES string of the molecule is [CH2]N([N+](=O)[O-])[N+](=O)[O-]. The molecule has 1 radical (unpaired) electrons. The highest BCUT2D eigenvalue weighted by molar-refractivity contribution is 4.11. The molecule has 0 aliphatic carbocycles. The monoisotopic (exact) mass is 120 g/mol. The summed E-state index contributed by atoms with van der Waals surface area (Å²) < 4.78 is 0. The van der Waals surface area contributed by atoms with Gasteiger partial charge in [-0.2, -0.15) is 0 Å². The Hall–Kier alpha value is -1.40. The molecule has 8 heavy (non-hydrogen) atoms. The van der Waals surface area contributed by atoms with Crippen molar-refractivity contribution in [3.05, 3.63) is 27.3 Å². The largest absolute Gasteiger partial charge is 0.230 e. The Morgan fingerprint density at radius 2 is 1.50 bits per heavy atom. The maximum absolute atomic E-state index is 9.37. The van der Waals surface area contributed by atoms with Crippen molar-refractivity contribution in [1.82, 2.24) is 5.12 Å². The van der Waals surface area contributed by atoms with Crippen LogP contribution in [0.25, 0.3) is 0 Å². The lowest BCUT2D eigenvalue weighted by Crippen LogP contribution is -2.28. The van der Waals surface area contributed by atoms with E-state index in [9.17, 15) is 20.2 Å². The normalized spacial score (nSPS) is 8.12. The second-order valence-corrected chi connectivity index (χ2v) is 0.848. The van der Waals surface area contributed by atoms with Gasteiger partial charge in [-0.3, -0.25) is 0 Å². The van der Waals surface area contributed by atoms with Gasteiger partial charge in [-0.05, 0) is 0 Å². The summed E-state index contributed by atoms with van der Waals surface area (Å²) in [5.74, 6) is 0. The van der Waals surface area contributed by atoms with Crippen LogP contribution in [0, 0.1) is 27.3 Å². The molecule has 0 saturated carbocycles. The highest BCUT2D eigenvalue weighted by Crippen LogP contribution is 1.81. The topological polar surface area (TPSA) is 89.5 Å². The van der Waals surface area contributed by atoms with Gasteiger partial charge in [0.15, 0.2) is 12.2 Å². The van der Waals surface area contributed by atoms with Crippen LogP contribution < -0.4 is 0 Å². The Labute approximate surface area is 43.7 Å². The van der Waals surface area contributed by atoms with Crippen molar-refractivity contribution < 1.29 is 10.1 Å². The molecule has 0 aromatic rings. The van der Waals surface area contributed by atoms with Crippen molar-refractivity contribution in [2.75, 3.05) is 0 Å². The molecule has 0 amide bonds. The van der Waals surface area contributed by atoms with Gasteiger partial charge in [-0.25, -0.2) is 20.2 Å². The Bertz CT molecular complexity index is 106. The van der Waals surface area contributed by atoms with Gasteiger partial charge in [0.05, 0.1) is 0 Å². The predicted molar refractivity (Wildman–Crippen MR) is 21.2 cm³/mol. The Morgan fingerprint density at radius 1 is 1.25 bits per heavy atom. The van der Waals surface area contributed by atoms with E-state index in [1.165, 1.54) is 0 Å². The first kappa shape index (κ1) is 6.60. The van der Waals surface area contributed by atoms with Gasteiger partial charge < -0.3 is 0 Å². The average Bonchev–Trinajstić information content (AvgIpc) is 1.64. The number of nitrogens with zero attached hydrogens (tertiary/aromatic N) is 3. The molecule has 7 nitrogen and oxygen atoms in total. The molecule has 0 aromatic carbocycles. The van der Waals surface area contributed by atoms with E-state index in [0.29, 0.717) is 0 Å². The van der Waals surface area contributed by atoms with Crippen LogP contribution in [0.4, 0.5) is 0 Å². The number of hydrogen-bond donors (Lipinski definition) is 0. The van der Waals surface area contributed by atoms with Crippen LogP contribution in [0.3, 0.4) is 0 Å². The molecule has 0 unspecified atom stereocenters. The van der Waals surface area contributed by atoms with Gasteiger partial charge in [0.2, 0.25) is 10.1 Å². The third kappa shape index (κ3) is 1.37. The summed E-state index contributed by atoms with van der Waals surface area (Å²) >= 11 is 0. The fourth-order valence-electron chi connectivity index (χ4n) is 0.0596. The van der Waals surface area contributed by atoms with Crippen LogP contribution in [-0.4, -0.2) is 15.2 Å². The van der Waals surface area contributed by atoms with Gasteiger partial charge in [0, 0.05) is 0 Å². The summed E-state index contributed by atoms with van der Waals surface area (Å²) in [5.41, 5.74) is 0. The first-order valence-electron chi connectivity index (χ1n) is 1.45. The van der Waals surface area contributed by atoms with Crippen molar-refractivity contribution in [3.63, 3.8) is 0 Å². The quantitative estimate of drug-likeness (QED) is 0.360. The van der Waals surface area contributed by atoms with Crippen molar-refractivity contribution in [1.29, 1.82) is 0 Å². The van der Waals surface area contributed by atoms with Gasteiger partial charge in [0.1, 0.15) is 0 Å². The van der Waals surface area contributed by atoms with Crippen LogP contribution in [0.2, 0.25) is 0 Å². The molecule has 0 heterocycles. The molecule has 0 N–H and O–H groups in total. The Morgan fingerprint density at radius 3 is 1.50 bits per heavy atom. The summed E-state index contributed by atoms with van der Waals surface area (Å²) in [4.78, 5) is 18.7. The molecule has 0 fully saturated rings. The first-order valence-corrected chi connectivity index (χ1v) is 1.45. The minimum atomic E-state index is -1.24. The van der Waals surface area contributed by atoms with Gasteiger partial charge >= 0.3 is 0 Å². The second-order valence-electron chi connectivity index (χ2n) is 0.848. The van der Waals surface area contributed by atoms with E-state index in [0.717, 1.165) is 0 Å². The lowest BCUT2D eigenvalue weighted by atomic mass is 11.4. The van der Waals surface area contributed by atoms with Crippen LogP contribution in [0.15, 0.2) is 0 Å². The Balaban J connectivity index is 3.83. The second kappa shape index (κ2) is 2.05. The van der Waals surface area contributed by atoms with Crippen LogP contribution in [-0.2, 0) is 0 Å². The first-order chi connectivity index (χ1) is 3.55. The molecule has 0 aromatic heterocycles. The molecule has 0 rings (SSSR count). The van der Waals surface area contributed by atoms with Gasteiger partial charge in [0.25, 0.3) is 0 Å². The minimum Gasteiger partial charge on any atom is -0.230 e. The standard InChI is InChI=1S/CH2N3O4/c1-2(3(5)6)4(7)8/h1H2. The lowest BCUT2D eigenvalue weighted by Gasteiger charge is -1.91. The zero-order valence-corrected chi connectivity index (χ0v) is 3.68. The number of rotatable bonds is 2. The highest BCUT2D eigenvalue weighted by atomic mass is 16.8. The molecule has 0 bridgehead atoms. The van der Waals surface area contributed by atoms with Gasteiger partial charge in [-0.15, -0.1) is 0 Å². The number of hydrazine groups is 2. The third-order valence-corrected chi connectivity index (χ3v) is 0.377. The zero-order chi connectivity index (χ0) is 6.73. The van der Waals surface area contributed by atoms with E-state index in [4.69, 9.17) is 0 Å². The van der Waals surface area contributed by atoms with E-state index in [1.54, 1.807) is 0 Å². The molecule has 0 aliphatic rings. The van der Waals surface area contributed by atoms with E-state index < -0.39 is 15.2 Å². The summed E-state index contributed by atoms with van der Waals surface area (Å²) in [5, 5.41) is 15.8. The highest BCUT2D eigenvalue weighted by Gasteiger charge is 2.18. The van der Waals surface area contributed by atoms with E-state index >= 15 is 0 Å². The minimum absolute atomic E-state index is 0.472. The van der Waals surface area contributed by atoms with Crippen LogP contribution in [0.5, 0.6) is 0 Å². The summed E-state index contributed by atoms with van der Waals surface area (Å²) in [6, 6.07) is 0. The van der Waals surface area contributed by atoms with E-state index in [2.05, 4.69) is 7.05 Å². The van der Waals surface area contributed by atoms with Crippen molar-refractivity contribution >= 4 is 0 Å². The molecule has 45 valence electrons. The lowest BCUT2D eigenvalue weighted by molar-refractivity contribution is -0.893. The van der Waals surface area contributed by atoms with E-state index in [-0.39, 0.29) is 0 Å². The molecular weight excluding hydrogens is 118 g/mol.